The second-order valence-electron chi connectivity index (χ2n) is 4.13. The maximum atomic E-state index is 11.6. The number of hydrogen-bond donors (Lipinski definition) is 3. The minimum atomic E-state index is -0.659. The molecule has 7 nitrogen and oxygen atoms in total. The summed E-state index contributed by atoms with van der Waals surface area (Å²) in [5, 5.41) is 18.1. The van der Waals surface area contributed by atoms with Crippen molar-refractivity contribution in [3.8, 4) is 0 Å². The molecule has 18 heavy (non-hydrogen) atoms. The van der Waals surface area contributed by atoms with Gasteiger partial charge in [0, 0.05) is 25.1 Å². The van der Waals surface area contributed by atoms with Crippen LogP contribution in [-0.4, -0.2) is 39.1 Å². The maximum absolute atomic E-state index is 11.6. The van der Waals surface area contributed by atoms with Crippen LogP contribution in [0.1, 0.15) is 12.6 Å². The topological polar surface area (TPSA) is 105 Å². The Bertz CT molecular complexity index is 528. The number of aliphatic hydroxyl groups is 2. The highest BCUT2D eigenvalue weighted by Crippen LogP contribution is 2.32. The van der Waals surface area contributed by atoms with Crippen molar-refractivity contribution in [2.45, 2.75) is 18.8 Å². The number of halogens is 1. The average molecular weight is 277 g/mol. The summed E-state index contributed by atoms with van der Waals surface area (Å²) in [7, 11) is 0. The quantitative estimate of drug-likeness (QED) is 0.662. The van der Waals surface area contributed by atoms with Gasteiger partial charge in [0.1, 0.15) is 11.3 Å². The van der Waals surface area contributed by atoms with Crippen molar-refractivity contribution < 1.29 is 14.9 Å². The molecule has 0 aromatic carbocycles. The number of aromatic nitrogens is 2. The van der Waals surface area contributed by atoms with Crippen LogP contribution in [-0.2, 0) is 4.74 Å². The molecule has 2 rings (SSSR count). The molecule has 0 radical (unpaired) electrons. The van der Waals surface area contributed by atoms with E-state index < -0.39 is 23.6 Å². The highest BCUT2D eigenvalue weighted by molar-refractivity contribution is 6.30. The second-order valence-corrected chi connectivity index (χ2v) is 4.54. The van der Waals surface area contributed by atoms with Gasteiger partial charge in [0.2, 0.25) is 0 Å². The van der Waals surface area contributed by atoms with Gasteiger partial charge in [-0.05, 0) is 0 Å². The fourth-order valence-corrected chi connectivity index (χ4v) is 2.17. The van der Waals surface area contributed by atoms with Crippen molar-refractivity contribution in [2.75, 3.05) is 13.2 Å². The van der Waals surface area contributed by atoms with Crippen molar-refractivity contribution >= 4 is 11.6 Å². The van der Waals surface area contributed by atoms with Crippen molar-refractivity contribution in [1.29, 1.82) is 0 Å². The Morgan fingerprint density at radius 2 is 2.17 bits per heavy atom. The van der Waals surface area contributed by atoms with Crippen LogP contribution in [0.3, 0.4) is 0 Å². The molecule has 0 unspecified atom stereocenters. The number of hydrogen-bond acceptors (Lipinski definition) is 5. The molecular formula is C10H13ClN2O5. The highest BCUT2D eigenvalue weighted by atomic mass is 35.5. The third-order valence-electron chi connectivity index (χ3n) is 3.01. The van der Waals surface area contributed by atoms with Crippen LogP contribution in [0.4, 0.5) is 0 Å². The summed E-state index contributed by atoms with van der Waals surface area (Å²) in [6.07, 6.45) is 0.379. The summed E-state index contributed by atoms with van der Waals surface area (Å²) >= 11 is 5.65. The lowest BCUT2D eigenvalue weighted by Gasteiger charge is -2.14. The molecule has 8 heteroatoms. The summed E-state index contributed by atoms with van der Waals surface area (Å²) in [5.41, 5.74) is -1.29. The number of nitrogens with one attached hydrogen (secondary N) is 1. The van der Waals surface area contributed by atoms with Crippen molar-refractivity contribution in [3.63, 3.8) is 0 Å². The molecule has 100 valence electrons. The molecule has 3 atom stereocenters. The Morgan fingerprint density at radius 3 is 2.72 bits per heavy atom. The zero-order valence-corrected chi connectivity index (χ0v) is 10.1. The van der Waals surface area contributed by atoms with Gasteiger partial charge in [-0.15, -0.1) is 0 Å². The van der Waals surface area contributed by atoms with Gasteiger partial charge >= 0.3 is 5.69 Å². The SMILES string of the molecule is O=c1[nH]c(=O)n([C@@H]2C[C@H](CO)[C@@H](CO)O2)cc1Cl. The molecule has 1 aromatic heterocycles. The van der Waals surface area contributed by atoms with Gasteiger partial charge in [0.15, 0.2) is 0 Å². The lowest BCUT2D eigenvalue weighted by atomic mass is 10.0. The first kappa shape index (κ1) is 13.3. The second kappa shape index (κ2) is 5.23. The predicted octanol–water partition coefficient (Wildman–Crippen LogP) is -0.922. The number of H-pyrrole nitrogens is 1. The van der Waals surface area contributed by atoms with E-state index in [1.165, 1.54) is 6.20 Å². The highest BCUT2D eigenvalue weighted by Gasteiger charge is 2.35. The zero-order valence-electron chi connectivity index (χ0n) is 9.38. The Morgan fingerprint density at radius 1 is 1.44 bits per heavy atom. The van der Waals surface area contributed by atoms with Crippen LogP contribution in [0.5, 0.6) is 0 Å². The van der Waals surface area contributed by atoms with Crippen LogP contribution in [0, 0.1) is 5.92 Å². The van der Waals surface area contributed by atoms with Gasteiger partial charge in [0.25, 0.3) is 5.56 Å². The van der Waals surface area contributed by atoms with E-state index in [-0.39, 0.29) is 24.2 Å². The molecule has 1 aromatic rings. The molecule has 0 saturated carbocycles. The first-order valence-electron chi connectivity index (χ1n) is 5.45. The molecule has 3 N–H and O–H groups in total. The average Bonchev–Trinajstić information content (AvgIpc) is 2.76. The number of ether oxygens (including phenoxy) is 1. The van der Waals surface area contributed by atoms with E-state index in [2.05, 4.69) is 4.98 Å². The predicted molar refractivity (Wildman–Crippen MR) is 62.5 cm³/mol. The van der Waals surface area contributed by atoms with Crippen LogP contribution in [0.2, 0.25) is 5.02 Å². The van der Waals surface area contributed by atoms with Gasteiger partial charge in [-0.3, -0.25) is 14.3 Å². The van der Waals surface area contributed by atoms with Gasteiger partial charge in [-0.1, -0.05) is 11.6 Å². The molecule has 0 spiro atoms. The van der Waals surface area contributed by atoms with Gasteiger partial charge in [0.05, 0.1) is 12.7 Å². The normalized spacial score (nSPS) is 27.6. The summed E-state index contributed by atoms with van der Waals surface area (Å²) in [6, 6.07) is 0. The summed E-state index contributed by atoms with van der Waals surface area (Å²) in [4.78, 5) is 24.8. The Hall–Kier alpha value is -1.15. The van der Waals surface area contributed by atoms with Gasteiger partial charge in [-0.25, -0.2) is 4.79 Å². The maximum Gasteiger partial charge on any atom is 0.330 e. The molecule has 2 heterocycles. The first-order chi connectivity index (χ1) is 8.56. The van der Waals surface area contributed by atoms with Crippen LogP contribution in [0.25, 0.3) is 0 Å². The van der Waals surface area contributed by atoms with Gasteiger partial charge < -0.3 is 14.9 Å². The van der Waals surface area contributed by atoms with Crippen molar-refractivity contribution in [1.82, 2.24) is 9.55 Å². The lowest BCUT2D eigenvalue weighted by Crippen LogP contribution is -2.32. The first-order valence-corrected chi connectivity index (χ1v) is 5.82. The van der Waals surface area contributed by atoms with E-state index in [1.54, 1.807) is 0 Å². The summed E-state index contributed by atoms with van der Waals surface area (Å²) < 4.78 is 6.60. The van der Waals surface area contributed by atoms with E-state index in [4.69, 9.17) is 26.6 Å². The summed E-state index contributed by atoms with van der Waals surface area (Å²) in [5.74, 6) is -0.252. The largest absolute Gasteiger partial charge is 0.396 e. The number of rotatable bonds is 3. The Balaban J connectivity index is 2.31. The van der Waals surface area contributed by atoms with Crippen molar-refractivity contribution in [2.24, 2.45) is 5.92 Å². The van der Waals surface area contributed by atoms with Crippen LogP contribution >= 0.6 is 11.6 Å². The number of nitrogens with zero attached hydrogens (tertiary/aromatic N) is 1. The van der Waals surface area contributed by atoms with Crippen molar-refractivity contribution in [3.05, 3.63) is 32.1 Å². The molecule has 0 aliphatic carbocycles. The zero-order chi connectivity index (χ0) is 13.3. The van der Waals surface area contributed by atoms with E-state index in [0.717, 1.165) is 4.57 Å². The smallest absolute Gasteiger partial charge is 0.330 e. The van der Waals surface area contributed by atoms with Crippen LogP contribution in [0.15, 0.2) is 15.8 Å². The molecular weight excluding hydrogens is 264 g/mol. The standard InChI is InChI=1S/C10H13ClN2O5/c11-6-2-13(10(17)12-9(6)16)8-1-5(3-14)7(4-15)18-8/h2,5,7-8,14-15H,1,3-4H2,(H,12,16,17)/t5-,7-,8+/m1/s1. The molecule has 1 fully saturated rings. The molecule has 1 saturated heterocycles. The molecule has 0 amide bonds. The van der Waals surface area contributed by atoms with Gasteiger partial charge in [-0.2, -0.15) is 0 Å². The fourth-order valence-electron chi connectivity index (χ4n) is 2.02. The Kier molecular flexibility index (Phi) is 3.86. The fraction of sp³-hybridized carbons (Fsp3) is 0.600. The third kappa shape index (κ3) is 2.35. The monoisotopic (exact) mass is 276 g/mol. The van der Waals surface area contributed by atoms with E-state index >= 15 is 0 Å². The van der Waals surface area contributed by atoms with E-state index in [1.807, 2.05) is 0 Å². The molecule has 1 aliphatic rings. The van der Waals surface area contributed by atoms with Crippen LogP contribution < -0.4 is 11.2 Å². The van der Waals surface area contributed by atoms with E-state index in [0.29, 0.717) is 6.42 Å². The third-order valence-corrected chi connectivity index (χ3v) is 3.28. The minimum Gasteiger partial charge on any atom is -0.396 e. The molecule has 1 aliphatic heterocycles. The number of aromatic amines is 1. The lowest BCUT2D eigenvalue weighted by molar-refractivity contribution is -0.0366. The van der Waals surface area contributed by atoms with E-state index in [9.17, 15) is 9.59 Å². The number of aliphatic hydroxyl groups excluding tert-OH is 2. The molecule has 0 bridgehead atoms. The Labute approximate surface area is 107 Å². The summed E-state index contributed by atoms with van der Waals surface area (Å²) in [6.45, 7) is -0.388. The minimum absolute atomic E-state index is 0.119.